The molecule has 1 aromatic rings. The average Bonchev–Trinajstić information content (AvgIpc) is 2.21. The predicted octanol–water partition coefficient (Wildman–Crippen LogP) is 2.59. The fourth-order valence-electron chi connectivity index (χ4n) is 1.40. The predicted molar refractivity (Wildman–Crippen MR) is 58.1 cm³/mol. The van der Waals surface area contributed by atoms with Gasteiger partial charge in [0.05, 0.1) is 19.6 Å². The number of hydrogen-bond acceptors (Lipinski definition) is 3. The van der Waals surface area contributed by atoms with E-state index in [0.29, 0.717) is 17.2 Å². The Morgan fingerprint density at radius 2 is 2.13 bits per heavy atom. The number of hydrogen-bond donors (Lipinski definition) is 1. The van der Waals surface area contributed by atoms with Gasteiger partial charge in [0.15, 0.2) is 11.5 Å². The third-order valence-electron chi connectivity index (χ3n) is 2.33. The van der Waals surface area contributed by atoms with Crippen molar-refractivity contribution in [2.45, 2.75) is 26.2 Å². The van der Waals surface area contributed by atoms with Gasteiger partial charge in [0, 0.05) is 5.56 Å². The topological polar surface area (TPSA) is 53.2 Å². The lowest BCUT2D eigenvalue weighted by atomic mass is 9.98. The molecule has 0 unspecified atom stereocenters. The van der Waals surface area contributed by atoms with E-state index in [4.69, 9.17) is 10.00 Å². The van der Waals surface area contributed by atoms with Crippen molar-refractivity contribution in [2.24, 2.45) is 0 Å². The van der Waals surface area contributed by atoms with Crippen molar-refractivity contribution >= 4 is 0 Å². The lowest BCUT2D eigenvalue weighted by molar-refractivity contribution is 0.370. The van der Waals surface area contributed by atoms with Gasteiger partial charge in [-0.15, -0.1) is 0 Å². The Balaban J connectivity index is 3.26. The minimum Gasteiger partial charge on any atom is -0.504 e. The molecule has 15 heavy (non-hydrogen) atoms. The molecule has 0 bridgehead atoms. The summed E-state index contributed by atoms with van der Waals surface area (Å²) >= 11 is 0. The van der Waals surface area contributed by atoms with E-state index >= 15 is 0 Å². The Kier molecular flexibility index (Phi) is 3.56. The van der Waals surface area contributed by atoms with Crippen molar-refractivity contribution in [3.63, 3.8) is 0 Å². The maximum atomic E-state index is 9.75. The molecule has 3 heteroatoms. The highest BCUT2D eigenvalue weighted by atomic mass is 16.5. The lowest BCUT2D eigenvalue weighted by Crippen LogP contribution is -1.95. The lowest BCUT2D eigenvalue weighted by Gasteiger charge is -2.12. The molecule has 1 rings (SSSR count). The van der Waals surface area contributed by atoms with Crippen molar-refractivity contribution in [3.05, 3.63) is 23.3 Å². The van der Waals surface area contributed by atoms with Gasteiger partial charge in [-0.1, -0.05) is 19.9 Å². The van der Waals surface area contributed by atoms with Crippen molar-refractivity contribution in [3.8, 4) is 17.6 Å². The molecule has 3 nitrogen and oxygen atoms in total. The van der Waals surface area contributed by atoms with Crippen molar-refractivity contribution < 1.29 is 9.84 Å². The normalized spacial score (nSPS) is 10.1. The second kappa shape index (κ2) is 4.70. The molecule has 1 aromatic carbocycles. The van der Waals surface area contributed by atoms with E-state index in [9.17, 15) is 5.11 Å². The summed E-state index contributed by atoms with van der Waals surface area (Å²) in [5, 5.41) is 18.4. The monoisotopic (exact) mass is 205 g/mol. The molecular weight excluding hydrogens is 190 g/mol. The molecule has 0 aliphatic rings. The number of nitriles is 1. The van der Waals surface area contributed by atoms with Crippen LogP contribution in [0, 0.1) is 11.3 Å². The first-order valence-electron chi connectivity index (χ1n) is 4.86. The van der Waals surface area contributed by atoms with Crippen LogP contribution < -0.4 is 4.74 Å². The van der Waals surface area contributed by atoms with Crippen molar-refractivity contribution in [1.29, 1.82) is 5.26 Å². The van der Waals surface area contributed by atoms with Crippen LogP contribution in [0.4, 0.5) is 0 Å². The van der Waals surface area contributed by atoms with Gasteiger partial charge in [-0.25, -0.2) is 0 Å². The Labute approximate surface area is 89.9 Å². The van der Waals surface area contributed by atoms with Crippen molar-refractivity contribution in [1.82, 2.24) is 0 Å². The fraction of sp³-hybridized carbons (Fsp3) is 0.417. The summed E-state index contributed by atoms with van der Waals surface area (Å²) in [6, 6.07) is 5.69. The fourth-order valence-corrected chi connectivity index (χ4v) is 1.40. The van der Waals surface area contributed by atoms with Gasteiger partial charge in [-0.3, -0.25) is 0 Å². The van der Waals surface area contributed by atoms with E-state index in [-0.39, 0.29) is 12.2 Å². The molecule has 0 radical (unpaired) electrons. The Morgan fingerprint density at radius 1 is 1.47 bits per heavy atom. The van der Waals surface area contributed by atoms with E-state index in [2.05, 4.69) is 13.8 Å². The molecule has 1 N–H and O–H groups in total. The van der Waals surface area contributed by atoms with Gasteiger partial charge < -0.3 is 9.84 Å². The van der Waals surface area contributed by atoms with Gasteiger partial charge in [-0.2, -0.15) is 5.26 Å². The zero-order chi connectivity index (χ0) is 11.4. The first-order valence-corrected chi connectivity index (χ1v) is 4.86. The van der Waals surface area contributed by atoms with Crippen LogP contribution >= 0.6 is 0 Å². The largest absolute Gasteiger partial charge is 0.504 e. The molecule has 0 fully saturated rings. The molecule has 0 saturated carbocycles. The SMILES string of the molecule is COc1cc(C(C)C)cc(CC#N)c1O. The number of methoxy groups -OCH3 is 1. The standard InChI is InChI=1S/C12H15NO2/c1-8(2)10-6-9(4-5-13)12(14)11(7-10)15-3/h6-8,14H,4H2,1-3H3. The smallest absolute Gasteiger partial charge is 0.161 e. The van der Waals surface area contributed by atoms with Gasteiger partial charge in [-0.05, 0) is 17.5 Å². The molecule has 0 saturated heterocycles. The molecule has 0 spiro atoms. The quantitative estimate of drug-likeness (QED) is 0.825. The first-order chi connectivity index (χ1) is 7.10. The molecule has 0 aliphatic heterocycles. The van der Waals surface area contributed by atoms with Crippen LogP contribution in [-0.2, 0) is 6.42 Å². The van der Waals surface area contributed by atoms with Gasteiger partial charge in [0.1, 0.15) is 0 Å². The molecule has 0 heterocycles. The molecule has 0 aliphatic carbocycles. The van der Waals surface area contributed by atoms with Crippen LogP contribution in [0.3, 0.4) is 0 Å². The van der Waals surface area contributed by atoms with E-state index in [1.54, 1.807) is 6.07 Å². The highest BCUT2D eigenvalue weighted by Crippen LogP contribution is 2.34. The Morgan fingerprint density at radius 3 is 2.60 bits per heavy atom. The van der Waals surface area contributed by atoms with Crippen LogP contribution in [0.1, 0.15) is 30.9 Å². The number of benzene rings is 1. The third kappa shape index (κ3) is 2.41. The zero-order valence-electron chi connectivity index (χ0n) is 9.24. The summed E-state index contributed by atoms with van der Waals surface area (Å²) in [4.78, 5) is 0. The van der Waals surface area contributed by atoms with Crippen LogP contribution in [0.2, 0.25) is 0 Å². The number of nitrogens with zero attached hydrogens (tertiary/aromatic N) is 1. The maximum absolute atomic E-state index is 9.75. The number of aromatic hydroxyl groups is 1. The third-order valence-corrected chi connectivity index (χ3v) is 2.33. The number of phenolic OH excluding ortho intramolecular Hbond substituents is 1. The van der Waals surface area contributed by atoms with Gasteiger partial charge >= 0.3 is 0 Å². The van der Waals surface area contributed by atoms with Crippen LogP contribution in [-0.4, -0.2) is 12.2 Å². The molecule has 0 aromatic heterocycles. The summed E-state index contributed by atoms with van der Waals surface area (Å²) < 4.78 is 5.06. The summed E-state index contributed by atoms with van der Waals surface area (Å²) in [7, 11) is 1.51. The summed E-state index contributed by atoms with van der Waals surface area (Å²) in [5.41, 5.74) is 1.69. The Hall–Kier alpha value is -1.69. The number of ether oxygens (including phenoxy) is 1. The highest BCUT2D eigenvalue weighted by molar-refractivity contribution is 5.50. The van der Waals surface area contributed by atoms with E-state index in [1.807, 2.05) is 12.1 Å². The minimum absolute atomic E-state index is 0.0726. The second-order valence-electron chi connectivity index (χ2n) is 3.72. The van der Waals surface area contributed by atoms with Gasteiger partial charge in [0.2, 0.25) is 0 Å². The summed E-state index contributed by atoms with van der Waals surface area (Å²) in [6.45, 7) is 4.12. The van der Waals surface area contributed by atoms with E-state index < -0.39 is 0 Å². The molecule has 0 atom stereocenters. The first kappa shape index (κ1) is 11.4. The van der Waals surface area contributed by atoms with E-state index in [1.165, 1.54) is 7.11 Å². The summed E-state index contributed by atoms with van der Waals surface area (Å²) in [5.74, 6) is 0.854. The van der Waals surface area contributed by atoms with Crippen molar-refractivity contribution in [2.75, 3.05) is 7.11 Å². The molecule has 0 amide bonds. The molecule has 80 valence electrons. The Bertz CT molecular complexity index is 391. The van der Waals surface area contributed by atoms with Crippen LogP contribution in [0.25, 0.3) is 0 Å². The second-order valence-corrected chi connectivity index (χ2v) is 3.72. The van der Waals surface area contributed by atoms with Crippen LogP contribution in [0.15, 0.2) is 12.1 Å². The molecular formula is C12H15NO2. The minimum atomic E-state index is 0.0726. The number of rotatable bonds is 3. The van der Waals surface area contributed by atoms with E-state index in [0.717, 1.165) is 5.56 Å². The maximum Gasteiger partial charge on any atom is 0.161 e. The average molecular weight is 205 g/mol. The van der Waals surface area contributed by atoms with Crippen LogP contribution in [0.5, 0.6) is 11.5 Å². The zero-order valence-corrected chi connectivity index (χ0v) is 9.24. The number of phenols is 1. The summed E-state index contributed by atoms with van der Waals surface area (Å²) in [6.07, 6.45) is 0.197. The highest BCUT2D eigenvalue weighted by Gasteiger charge is 2.11. The van der Waals surface area contributed by atoms with Gasteiger partial charge in [0.25, 0.3) is 0 Å².